The lowest BCUT2D eigenvalue weighted by atomic mass is 9.84. The van der Waals surface area contributed by atoms with Crippen molar-refractivity contribution in [3.05, 3.63) is 29.8 Å². The van der Waals surface area contributed by atoms with Gasteiger partial charge in [0.25, 0.3) is 0 Å². The van der Waals surface area contributed by atoms with E-state index < -0.39 is 0 Å². The Morgan fingerprint density at radius 2 is 1.00 bits per heavy atom. The summed E-state index contributed by atoms with van der Waals surface area (Å²) >= 11 is 0. The van der Waals surface area contributed by atoms with E-state index >= 15 is 0 Å². The lowest BCUT2D eigenvalue weighted by Crippen LogP contribution is -2.27. The van der Waals surface area contributed by atoms with E-state index in [1.54, 1.807) is 42.7 Å². The molecule has 0 saturated carbocycles. The Morgan fingerprint density at radius 1 is 0.621 bits per heavy atom. The van der Waals surface area contributed by atoms with Crippen LogP contribution in [-0.4, -0.2) is 49.2 Å². The molecule has 0 bridgehead atoms. The number of hydrogen-bond acceptors (Lipinski definition) is 7. The highest BCUT2D eigenvalue weighted by atomic mass is 16.5. The third-order valence-corrected chi connectivity index (χ3v) is 4.85. The van der Waals surface area contributed by atoms with Gasteiger partial charge < -0.3 is 33.7 Å². The SMILES string of the molecule is COc1cc(NCC(C)(C)c2cc(OC)c(OC)c(OC)c2)cc(OC)c1OC. The standard InChI is InChI=1S/C22H31NO6/c1-22(2,14-9-16(24-3)20(28-7)17(10-14)25-4)13-23-15-11-18(26-5)21(29-8)19(12-15)27-6/h9-12,23H,13H2,1-8H3. The van der Waals surface area contributed by atoms with Crippen molar-refractivity contribution in [2.45, 2.75) is 19.3 Å². The Bertz CT molecular complexity index is 784. The van der Waals surface area contributed by atoms with Crippen molar-refractivity contribution in [1.82, 2.24) is 0 Å². The van der Waals surface area contributed by atoms with Crippen molar-refractivity contribution in [2.24, 2.45) is 0 Å². The summed E-state index contributed by atoms with van der Waals surface area (Å²) in [6.07, 6.45) is 0. The van der Waals surface area contributed by atoms with Gasteiger partial charge >= 0.3 is 0 Å². The van der Waals surface area contributed by atoms with Crippen molar-refractivity contribution in [2.75, 3.05) is 54.5 Å². The maximum absolute atomic E-state index is 5.49. The van der Waals surface area contributed by atoms with Gasteiger partial charge in [0.15, 0.2) is 23.0 Å². The third kappa shape index (κ3) is 4.72. The molecule has 0 saturated heterocycles. The van der Waals surface area contributed by atoms with E-state index in [0.29, 0.717) is 41.0 Å². The molecule has 0 aliphatic carbocycles. The van der Waals surface area contributed by atoms with Gasteiger partial charge in [0, 0.05) is 29.8 Å². The molecule has 0 aliphatic heterocycles. The second-order valence-corrected chi connectivity index (χ2v) is 7.07. The summed E-state index contributed by atoms with van der Waals surface area (Å²) in [5, 5.41) is 3.46. The monoisotopic (exact) mass is 405 g/mol. The number of benzene rings is 2. The molecule has 2 aromatic carbocycles. The van der Waals surface area contributed by atoms with E-state index in [1.807, 2.05) is 24.3 Å². The Hall–Kier alpha value is -2.96. The van der Waals surface area contributed by atoms with E-state index in [2.05, 4.69) is 19.2 Å². The maximum Gasteiger partial charge on any atom is 0.203 e. The van der Waals surface area contributed by atoms with Crippen LogP contribution in [0.25, 0.3) is 0 Å². The maximum atomic E-state index is 5.49. The molecule has 7 nitrogen and oxygen atoms in total. The zero-order valence-corrected chi connectivity index (χ0v) is 18.5. The fourth-order valence-electron chi connectivity index (χ4n) is 3.08. The second-order valence-electron chi connectivity index (χ2n) is 7.07. The first-order valence-corrected chi connectivity index (χ1v) is 9.19. The van der Waals surface area contributed by atoms with Crippen molar-refractivity contribution in [1.29, 1.82) is 0 Å². The molecule has 2 rings (SSSR count). The van der Waals surface area contributed by atoms with Crippen LogP contribution in [0.2, 0.25) is 0 Å². The first kappa shape index (κ1) is 22.3. The number of anilines is 1. The molecule has 0 atom stereocenters. The molecule has 0 heterocycles. The van der Waals surface area contributed by atoms with Crippen molar-refractivity contribution >= 4 is 5.69 Å². The summed E-state index contributed by atoms with van der Waals surface area (Å²) in [6.45, 7) is 4.92. The molecular weight excluding hydrogens is 374 g/mol. The average Bonchev–Trinajstić information content (AvgIpc) is 2.75. The Kier molecular flexibility index (Phi) is 7.31. The Morgan fingerprint density at radius 3 is 1.34 bits per heavy atom. The van der Waals surface area contributed by atoms with Crippen molar-refractivity contribution in [3.8, 4) is 34.5 Å². The number of hydrogen-bond donors (Lipinski definition) is 1. The molecule has 0 radical (unpaired) electrons. The molecule has 2 aromatic rings. The molecule has 7 heteroatoms. The van der Waals surface area contributed by atoms with Gasteiger partial charge in [-0.25, -0.2) is 0 Å². The zero-order chi connectivity index (χ0) is 21.6. The van der Waals surface area contributed by atoms with Gasteiger partial charge in [-0.15, -0.1) is 0 Å². The molecule has 1 N–H and O–H groups in total. The van der Waals surface area contributed by atoms with Gasteiger partial charge in [-0.2, -0.15) is 0 Å². The lowest BCUT2D eigenvalue weighted by molar-refractivity contribution is 0.322. The van der Waals surface area contributed by atoms with Crippen molar-refractivity contribution < 1.29 is 28.4 Å². The van der Waals surface area contributed by atoms with Crippen molar-refractivity contribution in [3.63, 3.8) is 0 Å². The van der Waals surface area contributed by atoms with Crippen LogP contribution in [0.5, 0.6) is 34.5 Å². The minimum absolute atomic E-state index is 0.243. The quantitative estimate of drug-likeness (QED) is 0.637. The number of rotatable bonds is 10. The van der Waals surface area contributed by atoms with Crippen LogP contribution in [0.1, 0.15) is 19.4 Å². The normalized spacial score (nSPS) is 10.9. The van der Waals surface area contributed by atoms with Crippen LogP contribution in [0, 0.1) is 0 Å². The van der Waals surface area contributed by atoms with Crippen LogP contribution in [0.4, 0.5) is 5.69 Å². The van der Waals surface area contributed by atoms with Crippen LogP contribution < -0.4 is 33.7 Å². The number of ether oxygens (including phenoxy) is 6. The summed E-state index contributed by atoms with van der Waals surface area (Å²) in [7, 11) is 9.60. The largest absolute Gasteiger partial charge is 0.493 e. The van der Waals surface area contributed by atoms with Crippen LogP contribution in [0.15, 0.2) is 24.3 Å². The van der Waals surface area contributed by atoms with E-state index in [1.165, 1.54) is 0 Å². The molecule has 0 amide bonds. The zero-order valence-electron chi connectivity index (χ0n) is 18.5. The number of methoxy groups -OCH3 is 6. The second kappa shape index (κ2) is 9.49. The summed E-state index contributed by atoms with van der Waals surface area (Å²) < 4.78 is 32.6. The average molecular weight is 405 g/mol. The van der Waals surface area contributed by atoms with Gasteiger partial charge in [0.05, 0.1) is 42.7 Å². The minimum atomic E-state index is -0.243. The minimum Gasteiger partial charge on any atom is -0.493 e. The molecule has 29 heavy (non-hydrogen) atoms. The summed E-state index contributed by atoms with van der Waals surface area (Å²) in [6, 6.07) is 7.70. The highest BCUT2D eigenvalue weighted by Gasteiger charge is 2.25. The van der Waals surface area contributed by atoms with E-state index in [-0.39, 0.29) is 5.41 Å². The summed E-state index contributed by atoms with van der Waals surface area (Å²) in [5.41, 5.74) is 1.67. The van der Waals surface area contributed by atoms with Gasteiger partial charge in [-0.3, -0.25) is 0 Å². The van der Waals surface area contributed by atoms with Gasteiger partial charge in [-0.05, 0) is 17.7 Å². The van der Waals surface area contributed by atoms with Gasteiger partial charge in [0.1, 0.15) is 0 Å². The molecule has 160 valence electrons. The van der Waals surface area contributed by atoms with Crippen LogP contribution >= 0.6 is 0 Å². The lowest BCUT2D eigenvalue weighted by Gasteiger charge is -2.28. The summed E-state index contributed by atoms with van der Waals surface area (Å²) in [4.78, 5) is 0. The molecule has 0 aromatic heterocycles. The van der Waals surface area contributed by atoms with E-state index in [4.69, 9.17) is 28.4 Å². The fourth-order valence-corrected chi connectivity index (χ4v) is 3.08. The van der Waals surface area contributed by atoms with E-state index in [0.717, 1.165) is 11.3 Å². The molecule has 0 unspecified atom stereocenters. The number of nitrogens with one attached hydrogen (secondary N) is 1. The van der Waals surface area contributed by atoms with Gasteiger partial charge in [0.2, 0.25) is 11.5 Å². The van der Waals surface area contributed by atoms with Gasteiger partial charge in [-0.1, -0.05) is 13.8 Å². The van der Waals surface area contributed by atoms with Crippen LogP contribution in [-0.2, 0) is 5.41 Å². The first-order chi connectivity index (χ1) is 13.8. The molecule has 0 aliphatic rings. The molecule has 0 spiro atoms. The third-order valence-electron chi connectivity index (χ3n) is 4.85. The predicted molar refractivity (Wildman–Crippen MR) is 114 cm³/mol. The first-order valence-electron chi connectivity index (χ1n) is 9.19. The predicted octanol–water partition coefficient (Wildman–Crippen LogP) is 4.13. The fraction of sp³-hybridized carbons (Fsp3) is 0.455. The molecule has 0 fully saturated rings. The Balaban J connectivity index is 2.33. The summed E-state index contributed by atoms with van der Waals surface area (Å²) in [5.74, 6) is 3.59. The smallest absolute Gasteiger partial charge is 0.203 e. The topological polar surface area (TPSA) is 67.4 Å². The van der Waals surface area contributed by atoms with Crippen LogP contribution in [0.3, 0.4) is 0 Å². The Labute approximate surface area is 172 Å². The van der Waals surface area contributed by atoms with E-state index in [9.17, 15) is 0 Å². The highest BCUT2D eigenvalue weighted by Crippen LogP contribution is 2.42. The highest BCUT2D eigenvalue weighted by molar-refractivity contribution is 5.63. The molecular formula is C22H31NO6.